The second kappa shape index (κ2) is 5.70. The van der Waals surface area contributed by atoms with Gasteiger partial charge >= 0.3 is 0 Å². The molecule has 3 heteroatoms. The van der Waals surface area contributed by atoms with Crippen molar-refractivity contribution in [1.29, 1.82) is 0 Å². The van der Waals surface area contributed by atoms with Gasteiger partial charge in [0.15, 0.2) is 0 Å². The smallest absolute Gasteiger partial charge is 0.250 e. The molecule has 4 aromatic carbocycles. The Morgan fingerprint density at radius 2 is 1.33 bits per heavy atom. The monoisotopic (exact) mass is 312 g/mol. The first-order valence-corrected chi connectivity index (χ1v) is 7.80. The molecule has 0 aromatic heterocycles. The van der Waals surface area contributed by atoms with Crippen molar-refractivity contribution in [2.24, 2.45) is 5.73 Å². The lowest BCUT2D eigenvalue weighted by Gasteiger charge is -2.13. The van der Waals surface area contributed by atoms with Crippen LogP contribution in [0.1, 0.15) is 10.4 Å². The molecule has 0 radical (unpaired) electrons. The molecule has 0 aliphatic heterocycles. The second-order valence-corrected chi connectivity index (χ2v) is 5.76. The van der Waals surface area contributed by atoms with E-state index in [-0.39, 0.29) is 0 Å². The molecule has 0 atom stereocenters. The van der Waals surface area contributed by atoms with Crippen molar-refractivity contribution < 1.29 is 4.79 Å². The highest BCUT2D eigenvalue weighted by Crippen LogP contribution is 2.31. The molecule has 24 heavy (non-hydrogen) atoms. The number of rotatable bonds is 3. The van der Waals surface area contributed by atoms with Gasteiger partial charge in [-0.05, 0) is 46.5 Å². The Kier molecular flexibility index (Phi) is 3.39. The van der Waals surface area contributed by atoms with Crippen LogP contribution in [0.2, 0.25) is 0 Å². The van der Waals surface area contributed by atoms with Crippen LogP contribution in [-0.4, -0.2) is 5.91 Å². The van der Waals surface area contributed by atoms with E-state index in [2.05, 4.69) is 35.6 Å². The first-order chi connectivity index (χ1) is 11.7. The van der Waals surface area contributed by atoms with Crippen molar-refractivity contribution in [2.45, 2.75) is 0 Å². The molecule has 4 rings (SSSR count). The molecule has 0 spiro atoms. The largest absolute Gasteiger partial charge is 0.366 e. The quantitative estimate of drug-likeness (QED) is 0.532. The molecule has 3 nitrogen and oxygen atoms in total. The maximum Gasteiger partial charge on any atom is 0.250 e. The van der Waals surface area contributed by atoms with Gasteiger partial charge < -0.3 is 11.1 Å². The van der Waals surface area contributed by atoms with E-state index in [0.717, 1.165) is 16.5 Å². The number of fused-ring (bicyclic) bond motifs is 2. The number of hydrogen-bond acceptors (Lipinski definition) is 2. The number of nitrogens with two attached hydrogens (primary N) is 1. The fourth-order valence-corrected chi connectivity index (χ4v) is 3.03. The molecule has 1 amide bonds. The third-order valence-electron chi connectivity index (χ3n) is 4.21. The molecule has 0 aliphatic carbocycles. The molecule has 0 bridgehead atoms. The molecule has 3 N–H and O–H groups in total. The summed E-state index contributed by atoms with van der Waals surface area (Å²) in [6.45, 7) is 0. The minimum Gasteiger partial charge on any atom is -0.366 e. The Morgan fingerprint density at radius 1 is 0.708 bits per heavy atom. The van der Waals surface area contributed by atoms with Gasteiger partial charge in [-0.2, -0.15) is 0 Å². The maximum absolute atomic E-state index is 11.6. The molecule has 0 saturated carbocycles. The fourth-order valence-electron chi connectivity index (χ4n) is 3.03. The fraction of sp³-hybridized carbons (Fsp3) is 0. The van der Waals surface area contributed by atoms with E-state index < -0.39 is 5.91 Å². The molecule has 0 aliphatic rings. The summed E-state index contributed by atoms with van der Waals surface area (Å²) in [5.74, 6) is -0.441. The van der Waals surface area contributed by atoms with Crippen LogP contribution in [0.3, 0.4) is 0 Å². The van der Waals surface area contributed by atoms with E-state index in [1.165, 1.54) is 10.8 Å². The molecular formula is C21H16N2O. The highest BCUT2D eigenvalue weighted by Gasteiger charge is 2.09. The van der Waals surface area contributed by atoms with Gasteiger partial charge in [0.1, 0.15) is 0 Å². The Hall–Kier alpha value is -3.33. The number of anilines is 2. The first-order valence-electron chi connectivity index (χ1n) is 7.80. The van der Waals surface area contributed by atoms with Gasteiger partial charge in [-0.25, -0.2) is 0 Å². The molecule has 0 heterocycles. The van der Waals surface area contributed by atoms with E-state index in [1.54, 1.807) is 6.07 Å². The summed E-state index contributed by atoms with van der Waals surface area (Å²) in [5, 5.41) is 8.01. The summed E-state index contributed by atoms with van der Waals surface area (Å²) in [6, 6.07) is 26.0. The number of carbonyl (C=O) groups is 1. The van der Waals surface area contributed by atoms with Crippen LogP contribution in [0, 0.1) is 0 Å². The van der Waals surface area contributed by atoms with E-state index in [1.807, 2.05) is 42.5 Å². The van der Waals surface area contributed by atoms with Crippen LogP contribution in [0.5, 0.6) is 0 Å². The van der Waals surface area contributed by atoms with Gasteiger partial charge in [0.05, 0.1) is 11.3 Å². The number of nitrogens with one attached hydrogen (secondary N) is 1. The molecule has 0 saturated heterocycles. The summed E-state index contributed by atoms with van der Waals surface area (Å²) in [4.78, 5) is 11.6. The van der Waals surface area contributed by atoms with Crippen LogP contribution < -0.4 is 11.1 Å². The van der Waals surface area contributed by atoms with Crippen molar-refractivity contribution in [3.8, 4) is 0 Å². The van der Waals surface area contributed by atoms with Crippen LogP contribution in [0.4, 0.5) is 11.4 Å². The predicted molar refractivity (Wildman–Crippen MR) is 99.7 cm³/mol. The number of para-hydroxylation sites is 1. The minimum absolute atomic E-state index is 0.441. The van der Waals surface area contributed by atoms with Crippen molar-refractivity contribution >= 4 is 38.8 Å². The Balaban J connectivity index is 1.88. The maximum atomic E-state index is 11.6. The summed E-state index contributed by atoms with van der Waals surface area (Å²) >= 11 is 0. The van der Waals surface area contributed by atoms with Crippen molar-refractivity contribution in [3.05, 3.63) is 84.4 Å². The zero-order valence-electron chi connectivity index (χ0n) is 13.0. The number of hydrogen-bond donors (Lipinski definition) is 2. The third-order valence-corrected chi connectivity index (χ3v) is 4.21. The minimum atomic E-state index is -0.441. The zero-order valence-corrected chi connectivity index (χ0v) is 13.0. The highest BCUT2D eigenvalue weighted by atomic mass is 16.1. The number of amides is 1. The standard InChI is InChI=1S/C21H16N2O/c22-21(24)17-9-3-4-10-19(17)23-20-11-5-8-16-12-14-6-1-2-7-15(14)13-18(16)20/h1-13,23H,(H2,22,24). The van der Waals surface area contributed by atoms with Gasteiger partial charge in [0.2, 0.25) is 0 Å². The Labute approximate surface area is 139 Å². The van der Waals surface area contributed by atoms with Gasteiger partial charge in [0, 0.05) is 11.1 Å². The zero-order chi connectivity index (χ0) is 16.5. The summed E-state index contributed by atoms with van der Waals surface area (Å²) < 4.78 is 0. The predicted octanol–water partition coefficient (Wildman–Crippen LogP) is 4.84. The molecule has 116 valence electrons. The topological polar surface area (TPSA) is 55.1 Å². The van der Waals surface area contributed by atoms with Crippen molar-refractivity contribution in [2.75, 3.05) is 5.32 Å². The normalized spacial score (nSPS) is 10.8. The number of benzene rings is 4. The van der Waals surface area contributed by atoms with Crippen LogP contribution in [0.15, 0.2) is 78.9 Å². The van der Waals surface area contributed by atoms with Crippen molar-refractivity contribution in [3.63, 3.8) is 0 Å². The lowest BCUT2D eigenvalue weighted by molar-refractivity contribution is 0.100. The van der Waals surface area contributed by atoms with Crippen LogP contribution in [-0.2, 0) is 0 Å². The number of carbonyl (C=O) groups excluding carboxylic acids is 1. The number of primary amides is 1. The average Bonchev–Trinajstić information content (AvgIpc) is 2.61. The molecule has 4 aromatic rings. The van der Waals surface area contributed by atoms with Gasteiger partial charge in [-0.1, -0.05) is 48.5 Å². The van der Waals surface area contributed by atoms with Gasteiger partial charge in [-0.3, -0.25) is 4.79 Å². The summed E-state index contributed by atoms with van der Waals surface area (Å²) in [5.41, 5.74) is 7.62. The van der Waals surface area contributed by atoms with Gasteiger partial charge in [0.25, 0.3) is 5.91 Å². The Bertz CT molecular complexity index is 1070. The van der Waals surface area contributed by atoms with E-state index >= 15 is 0 Å². The molecule has 0 fully saturated rings. The third kappa shape index (κ3) is 2.46. The molecule has 0 unspecified atom stereocenters. The van der Waals surface area contributed by atoms with Crippen LogP contribution >= 0.6 is 0 Å². The second-order valence-electron chi connectivity index (χ2n) is 5.76. The summed E-state index contributed by atoms with van der Waals surface area (Å²) in [6.07, 6.45) is 0. The highest BCUT2D eigenvalue weighted by molar-refractivity contribution is 6.06. The lowest BCUT2D eigenvalue weighted by atomic mass is 10.0. The van der Waals surface area contributed by atoms with E-state index in [9.17, 15) is 4.79 Å². The van der Waals surface area contributed by atoms with E-state index in [0.29, 0.717) is 11.3 Å². The summed E-state index contributed by atoms with van der Waals surface area (Å²) in [7, 11) is 0. The van der Waals surface area contributed by atoms with Gasteiger partial charge in [-0.15, -0.1) is 0 Å². The molecular weight excluding hydrogens is 296 g/mol. The SMILES string of the molecule is NC(=O)c1ccccc1Nc1cccc2cc3ccccc3cc12. The van der Waals surface area contributed by atoms with Crippen LogP contribution in [0.25, 0.3) is 21.5 Å². The Morgan fingerprint density at radius 3 is 2.12 bits per heavy atom. The van der Waals surface area contributed by atoms with Crippen molar-refractivity contribution in [1.82, 2.24) is 0 Å². The first kappa shape index (κ1) is 14.3. The van der Waals surface area contributed by atoms with E-state index in [4.69, 9.17) is 5.73 Å². The average molecular weight is 312 g/mol. The lowest BCUT2D eigenvalue weighted by Crippen LogP contribution is -2.13.